The van der Waals surface area contributed by atoms with Gasteiger partial charge in [-0.05, 0) is 30.3 Å². The first-order valence-electron chi connectivity index (χ1n) is 4.33. The molecule has 2 aromatic carbocycles. The van der Waals surface area contributed by atoms with Gasteiger partial charge in [0.1, 0.15) is 17.4 Å². The predicted octanol–water partition coefficient (Wildman–Crippen LogP) is 3.14. The van der Waals surface area contributed by atoms with E-state index in [2.05, 4.69) is 6.07 Å². The Hall–Kier alpha value is -1.90. The van der Waals surface area contributed by atoms with Crippen LogP contribution in [0.3, 0.4) is 0 Å². The van der Waals surface area contributed by atoms with Gasteiger partial charge in [0, 0.05) is 17.2 Å². The fourth-order valence-corrected chi connectivity index (χ4v) is 1.36. The van der Waals surface area contributed by atoms with E-state index < -0.39 is 11.6 Å². The van der Waals surface area contributed by atoms with Crippen LogP contribution < -0.4 is 0 Å². The maximum atomic E-state index is 13.4. The molecule has 0 heterocycles. The minimum absolute atomic E-state index is 0.0805. The van der Waals surface area contributed by atoms with Crippen molar-refractivity contribution in [3.63, 3.8) is 0 Å². The Balaban J connectivity index is 2.60. The Morgan fingerprint density at radius 1 is 1.07 bits per heavy atom. The number of aromatic hydroxyl groups is 1. The molecule has 0 bridgehead atoms. The van der Waals surface area contributed by atoms with E-state index >= 15 is 0 Å². The van der Waals surface area contributed by atoms with Crippen molar-refractivity contribution in [2.45, 2.75) is 0 Å². The number of phenols is 1. The molecule has 0 amide bonds. The number of rotatable bonds is 1. The van der Waals surface area contributed by atoms with Gasteiger partial charge in [-0.3, -0.25) is 0 Å². The van der Waals surface area contributed by atoms with Gasteiger partial charge in [0.2, 0.25) is 0 Å². The van der Waals surface area contributed by atoms with Crippen molar-refractivity contribution in [1.29, 1.82) is 0 Å². The third kappa shape index (κ3) is 1.81. The molecule has 0 unspecified atom stereocenters. The Labute approximate surface area is 85.6 Å². The van der Waals surface area contributed by atoms with Crippen LogP contribution in [0.4, 0.5) is 8.78 Å². The number of hydrogen-bond acceptors (Lipinski definition) is 1. The molecule has 0 aliphatic heterocycles. The van der Waals surface area contributed by atoms with Crippen molar-refractivity contribution in [1.82, 2.24) is 0 Å². The highest BCUT2D eigenvalue weighted by atomic mass is 19.1. The molecule has 0 aliphatic rings. The zero-order valence-corrected chi connectivity index (χ0v) is 7.67. The summed E-state index contributed by atoms with van der Waals surface area (Å²) in [7, 11) is 0. The van der Waals surface area contributed by atoms with E-state index in [4.69, 9.17) is 0 Å². The van der Waals surface area contributed by atoms with Crippen LogP contribution in [0.5, 0.6) is 5.75 Å². The van der Waals surface area contributed by atoms with Crippen LogP contribution in [-0.2, 0) is 0 Å². The SMILES string of the molecule is Oc1c[c]ccc1-c1ccc(F)cc1F. The predicted molar refractivity (Wildman–Crippen MR) is 52.3 cm³/mol. The molecule has 75 valence electrons. The summed E-state index contributed by atoms with van der Waals surface area (Å²) in [6, 6.07) is 10.3. The van der Waals surface area contributed by atoms with E-state index in [1.54, 1.807) is 6.07 Å². The van der Waals surface area contributed by atoms with Crippen LogP contribution in [0.1, 0.15) is 0 Å². The minimum atomic E-state index is -0.698. The molecule has 3 heteroatoms. The van der Waals surface area contributed by atoms with Crippen molar-refractivity contribution < 1.29 is 13.9 Å². The average Bonchev–Trinajstić information content (AvgIpc) is 2.20. The Bertz CT molecular complexity index is 495. The quantitative estimate of drug-likeness (QED) is 0.758. The third-order valence-corrected chi connectivity index (χ3v) is 2.06. The second kappa shape index (κ2) is 3.69. The second-order valence-corrected chi connectivity index (χ2v) is 3.07. The molecule has 2 rings (SSSR count). The standard InChI is InChI=1S/C12H7F2O/c13-8-5-6-9(11(14)7-8)10-3-1-2-4-12(10)15/h1,3-7,15H. The zero-order valence-electron chi connectivity index (χ0n) is 7.67. The Kier molecular flexibility index (Phi) is 2.37. The summed E-state index contributed by atoms with van der Waals surface area (Å²) in [5.74, 6) is -1.42. The van der Waals surface area contributed by atoms with Crippen molar-refractivity contribution in [2.24, 2.45) is 0 Å². The zero-order chi connectivity index (χ0) is 10.8. The van der Waals surface area contributed by atoms with Crippen molar-refractivity contribution >= 4 is 0 Å². The average molecular weight is 205 g/mol. The van der Waals surface area contributed by atoms with Crippen LogP contribution in [0.15, 0.2) is 36.4 Å². The number of hydrogen-bond donors (Lipinski definition) is 1. The summed E-state index contributed by atoms with van der Waals surface area (Å²) in [5, 5.41) is 9.47. The molecule has 0 aliphatic carbocycles. The lowest BCUT2D eigenvalue weighted by Gasteiger charge is -2.05. The summed E-state index contributed by atoms with van der Waals surface area (Å²) in [6.07, 6.45) is 0. The molecule has 15 heavy (non-hydrogen) atoms. The summed E-state index contributed by atoms with van der Waals surface area (Å²) in [5.41, 5.74) is 0.495. The van der Waals surface area contributed by atoms with Crippen LogP contribution >= 0.6 is 0 Å². The molecule has 1 radical (unpaired) electrons. The van der Waals surface area contributed by atoms with E-state index in [9.17, 15) is 13.9 Å². The molecule has 0 saturated carbocycles. The molecule has 1 nitrogen and oxygen atoms in total. The minimum Gasteiger partial charge on any atom is -0.507 e. The van der Waals surface area contributed by atoms with Gasteiger partial charge in [-0.1, -0.05) is 6.07 Å². The monoisotopic (exact) mass is 205 g/mol. The van der Waals surface area contributed by atoms with Crippen LogP contribution in [0, 0.1) is 17.7 Å². The van der Waals surface area contributed by atoms with E-state index in [1.807, 2.05) is 0 Å². The van der Waals surface area contributed by atoms with Crippen molar-refractivity contribution in [3.8, 4) is 16.9 Å². The van der Waals surface area contributed by atoms with Crippen LogP contribution in [0.25, 0.3) is 11.1 Å². The van der Waals surface area contributed by atoms with Crippen molar-refractivity contribution in [2.75, 3.05) is 0 Å². The smallest absolute Gasteiger partial charge is 0.134 e. The number of halogens is 2. The highest BCUT2D eigenvalue weighted by Crippen LogP contribution is 2.30. The summed E-state index contributed by atoms with van der Waals surface area (Å²) >= 11 is 0. The molecule has 1 N–H and O–H groups in total. The fraction of sp³-hybridized carbons (Fsp3) is 0. The first-order chi connectivity index (χ1) is 7.18. The normalized spacial score (nSPS) is 10.3. The molecule has 2 aromatic rings. The van der Waals surface area contributed by atoms with Gasteiger partial charge in [-0.25, -0.2) is 8.78 Å². The maximum Gasteiger partial charge on any atom is 0.134 e. The Morgan fingerprint density at radius 2 is 1.87 bits per heavy atom. The summed E-state index contributed by atoms with van der Waals surface area (Å²) < 4.78 is 26.0. The second-order valence-electron chi connectivity index (χ2n) is 3.07. The lowest BCUT2D eigenvalue weighted by Crippen LogP contribution is -1.86. The Morgan fingerprint density at radius 3 is 2.53 bits per heavy atom. The third-order valence-electron chi connectivity index (χ3n) is 2.06. The van der Waals surface area contributed by atoms with Gasteiger partial charge in [0.25, 0.3) is 0 Å². The lowest BCUT2D eigenvalue weighted by molar-refractivity contribution is 0.476. The number of phenolic OH excluding ortho intramolecular Hbond substituents is 1. The van der Waals surface area contributed by atoms with Gasteiger partial charge in [0.15, 0.2) is 0 Å². The largest absolute Gasteiger partial charge is 0.507 e. The van der Waals surface area contributed by atoms with E-state index in [0.717, 1.165) is 12.1 Å². The molecular weight excluding hydrogens is 198 g/mol. The molecule has 0 aromatic heterocycles. The molecule has 0 atom stereocenters. The first-order valence-corrected chi connectivity index (χ1v) is 4.33. The van der Waals surface area contributed by atoms with E-state index in [0.29, 0.717) is 5.56 Å². The van der Waals surface area contributed by atoms with Crippen LogP contribution in [0.2, 0.25) is 0 Å². The van der Waals surface area contributed by atoms with Crippen LogP contribution in [-0.4, -0.2) is 5.11 Å². The topological polar surface area (TPSA) is 20.2 Å². The highest BCUT2D eigenvalue weighted by molar-refractivity contribution is 5.70. The molecule has 0 spiro atoms. The molecule has 0 fully saturated rings. The van der Waals surface area contributed by atoms with Gasteiger partial charge < -0.3 is 5.11 Å². The molecule has 0 saturated heterocycles. The van der Waals surface area contributed by atoms with Gasteiger partial charge in [-0.2, -0.15) is 0 Å². The summed E-state index contributed by atoms with van der Waals surface area (Å²) in [4.78, 5) is 0. The first kappa shape index (κ1) is 9.65. The molecular formula is C12H7F2O. The van der Waals surface area contributed by atoms with Gasteiger partial charge in [-0.15, -0.1) is 0 Å². The van der Waals surface area contributed by atoms with Gasteiger partial charge >= 0.3 is 0 Å². The fourth-order valence-electron chi connectivity index (χ4n) is 1.36. The lowest BCUT2D eigenvalue weighted by atomic mass is 10.0. The number of benzene rings is 2. The van der Waals surface area contributed by atoms with Gasteiger partial charge in [0.05, 0.1) is 0 Å². The maximum absolute atomic E-state index is 13.4. The van der Waals surface area contributed by atoms with E-state index in [1.165, 1.54) is 18.2 Å². The van der Waals surface area contributed by atoms with Crippen molar-refractivity contribution in [3.05, 3.63) is 54.1 Å². The summed E-state index contributed by atoms with van der Waals surface area (Å²) in [6.45, 7) is 0. The highest BCUT2D eigenvalue weighted by Gasteiger charge is 2.09. The van der Waals surface area contributed by atoms with E-state index in [-0.39, 0.29) is 11.3 Å².